The summed E-state index contributed by atoms with van der Waals surface area (Å²) in [6.45, 7) is 2.84. The van der Waals surface area contributed by atoms with Crippen LogP contribution >= 0.6 is 11.3 Å². The molecule has 1 fully saturated rings. The lowest BCUT2D eigenvalue weighted by atomic mass is 10.0. The van der Waals surface area contributed by atoms with Crippen LogP contribution in [0.4, 0.5) is 0 Å². The van der Waals surface area contributed by atoms with Crippen molar-refractivity contribution >= 4 is 17.2 Å². The molecular weight excluding hydrogens is 286 g/mol. The fourth-order valence-electron chi connectivity index (χ4n) is 2.70. The van der Waals surface area contributed by atoms with Gasteiger partial charge in [0.25, 0.3) is 5.91 Å². The Kier molecular flexibility index (Phi) is 4.34. The van der Waals surface area contributed by atoms with Gasteiger partial charge in [-0.05, 0) is 37.1 Å². The normalized spacial score (nSPS) is 18.9. The Balaban J connectivity index is 1.82. The predicted octanol–water partition coefficient (Wildman–Crippen LogP) is 3.45. The zero-order valence-corrected chi connectivity index (χ0v) is 12.9. The third-order valence-corrected chi connectivity index (χ3v) is 4.60. The second-order valence-corrected chi connectivity index (χ2v) is 6.23. The lowest BCUT2D eigenvalue weighted by Crippen LogP contribution is -2.38. The molecule has 1 aliphatic heterocycles. The summed E-state index contributed by atoms with van der Waals surface area (Å²) in [6, 6.07) is 3.70. The molecule has 0 radical (unpaired) electrons. The molecule has 0 aromatic carbocycles. The standard InChI is InChI=1S/C15H19N3O2S/c1-2-6-13-16-14(20-17-13)11-7-3-4-9-18(11)15(19)12-8-5-10-21-12/h5,8,10-11H,2-4,6-7,9H2,1H3/t11-/m0/s1. The van der Waals surface area contributed by atoms with Gasteiger partial charge in [-0.3, -0.25) is 4.79 Å². The van der Waals surface area contributed by atoms with E-state index in [2.05, 4.69) is 17.1 Å². The van der Waals surface area contributed by atoms with E-state index < -0.39 is 0 Å². The van der Waals surface area contributed by atoms with E-state index in [1.165, 1.54) is 11.3 Å². The summed E-state index contributed by atoms with van der Waals surface area (Å²) in [5.41, 5.74) is 0. The van der Waals surface area contributed by atoms with E-state index in [1.54, 1.807) is 0 Å². The molecule has 3 heterocycles. The van der Waals surface area contributed by atoms with Gasteiger partial charge in [-0.2, -0.15) is 4.98 Å². The van der Waals surface area contributed by atoms with Gasteiger partial charge < -0.3 is 9.42 Å². The molecule has 3 rings (SSSR count). The van der Waals surface area contributed by atoms with E-state index in [9.17, 15) is 4.79 Å². The number of aryl methyl sites for hydroxylation is 1. The highest BCUT2D eigenvalue weighted by Gasteiger charge is 2.32. The van der Waals surface area contributed by atoms with Crippen LogP contribution < -0.4 is 0 Å². The molecule has 0 saturated carbocycles. The van der Waals surface area contributed by atoms with Crippen molar-refractivity contribution in [3.8, 4) is 0 Å². The molecule has 1 amide bonds. The van der Waals surface area contributed by atoms with Crippen LogP contribution in [0.15, 0.2) is 22.0 Å². The maximum Gasteiger partial charge on any atom is 0.264 e. The SMILES string of the molecule is CCCc1noc([C@@H]2CCCCN2C(=O)c2cccs2)n1. The van der Waals surface area contributed by atoms with Crippen molar-refractivity contribution in [2.24, 2.45) is 0 Å². The summed E-state index contributed by atoms with van der Waals surface area (Å²) in [6.07, 6.45) is 4.81. The van der Waals surface area contributed by atoms with Crippen LogP contribution in [0.5, 0.6) is 0 Å². The molecule has 0 unspecified atom stereocenters. The van der Waals surface area contributed by atoms with E-state index in [1.807, 2.05) is 22.4 Å². The van der Waals surface area contributed by atoms with Crippen molar-refractivity contribution in [3.05, 3.63) is 34.1 Å². The molecule has 1 aliphatic rings. The van der Waals surface area contributed by atoms with Crippen molar-refractivity contribution in [3.63, 3.8) is 0 Å². The van der Waals surface area contributed by atoms with Crippen LogP contribution in [-0.2, 0) is 6.42 Å². The zero-order valence-electron chi connectivity index (χ0n) is 12.1. The number of hydrogen-bond donors (Lipinski definition) is 0. The largest absolute Gasteiger partial charge is 0.337 e. The number of likely N-dealkylation sites (tertiary alicyclic amines) is 1. The van der Waals surface area contributed by atoms with Crippen LogP contribution in [0, 0.1) is 0 Å². The first-order valence-electron chi connectivity index (χ1n) is 7.46. The van der Waals surface area contributed by atoms with Gasteiger partial charge in [0.2, 0.25) is 5.89 Å². The number of hydrogen-bond acceptors (Lipinski definition) is 5. The molecule has 0 spiro atoms. The Bertz CT molecular complexity index is 594. The average molecular weight is 305 g/mol. The van der Waals surface area contributed by atoms with Gasteiger partial charge in [-0.25, -0.2) is 0 Å². The molecular formula is C15H19N3O2S. The highest BCUT2D eigenvalue weighted by atomic mass is 32.1. The number of aromatic nitrogens is 2. The molecule has 1 atom stereocenters. The zero-order chi connectivity index (χ0) is 14.7. The summed E-state index contributed by atoms with van der Waals surface area (Å²) in [7, 11) is 0. The van der Waals surface area contributed by atoms with Crippen molar-refractivity contribution in [1.82, 2.24) is 15.0 Å². The minimum atomic E-state index is -0.0774. The van der Waals surface area contributed by atoms with Gasteiger partial charge >= 0.3 is 0 Å². The van der Waals surface area contributed by atoms with Crippen LogP contribution in [0.25, 0.3) is 0 Å². The van der Waals surface area contributed by atoms with Crippen LogP contribution in [0.1, 0.15) is 60.0 Å². The number of carbonyl (C=O) groups excluding carboxylic acids is 1. The molecule has 21 heavy (non-hydrogen) atoms. The van der Waals surface area contributed by atoms with Crippen LogP contribution in [0.2, 0.25) is 0 Å². The van der Waals surface area contributed by atoms with Gasteiger partial charge in [0, 0.05) is 13.0 Å². The van der Waals surface area contributed by atoms with Gasteiger partial charge in [-0.15, -0.1) is 11.3 Å². The molecule has 0 N–H and O–H groups in total. The average Bonchev–Trinajstić information content (AvgIpc) is 3.18. The highest BCUT2D eigenvalue weighted by molar-refractivity contribution is 7.12. The van der Waals surface area contributed by atoms with E-state index in [0.717, 1.165) is 49.4 Å². The van der Waals surface area contributed by atoms with Crippen LogP contribution in [-0.4, -0.2) is 27.5 Å². The smallest absolute Gasteiger partial charge is 0.264 e. The number of amides is 1. The third kappa shape index (κ3) is 3.00. The number of nitrogens with zero attached hydrogens (tertiary/aromatic N) is 3. The molecule has 6 heteroatoms. The summed E-state index contributed by atoms with van der Waals surface area (Å²) in [5, 5.41) is 5.94. The number of rotatable bonds is 4. The minimum absolute atomic E-state index is 0.0740. The van der Waals surface area contributed by atoms with Crippen molar-refractivity contribution < 1.29 is 9.32 Å². The maximum absolute atomic E-state index is 12.6. The molecule has 2 aromatic rings. The molecule has 5 nitrogen and oxygen atoms in total. The van der Waals surface area contributed by atoms with Gasteiger partial charge in [0.1, 0.15) is 6.04 Å². The van der Waals surface area contributed by atoms with Gasteiger partial charge in [-0.1, -0.05) is 18.1 Å². The maximum atomic E-state index is 12.6. The molecule has 0 bridgehead atoms. The monoisotopic (exact) mass is 305 g/mol. The Labute approximate surface area is 128 Å². The molecule has 112 valence electrons. The quantitative estimate of drug-likeness (QED) is 0.868. The lowest BCUT2D eigenvalue weighted by molar-refractivity contribution is 0.0566. The third-order valence-electron chi connectivity index (χ3n) is 3.74. The summed E-state index contributed by atoms with van der Waals surface area (Å²) in [5.74, 6) is 1.40. The predicted molar refractivity (Wildman–Crippen MR) is 80.2 cm³/mol. The molecule has 0 aliphatic carbocycles. The second-order valence-electron chi connectivity index (χ2n) is 5.29. The topological polar surface area (TPSA) is 59.2 Å². The van der Waals surface area contributed by atoms with E-state index in [4.69, 9.17) is 4.52 Å². The summed E-state index contributed by atoms with van der Waals surface area (Å²) >= 11 is 1.48. The van der Waals surface area contributed by atoms with Gasteiger partial charge in [0.15, 0.2) is 5.82 Å². The number of piperidine rings is 1. The summed E-state index contributed by atoms with van der Waals surface area (Å²) in [4.78, 5) is 19.8. The van der Waals surface area contributed by atoms with Crippen molar-refractivity contribution in [2.75, 3.05) is 6.54 Å². The molecule has 1 saturated heterocycles. The first-order chi connectivity index (χ1) is 10.3. The fourth-order valence-corrected chi connectivity index (χ4v) is 3.38. The van der Waals surface area contributed by atoms with Crippen molar-refractivity contribution in [2.45, 2.75) is 45.1 Å². The minimum Gasteiger partial charge on any atom is -0.337 e. The number of carbonyl (C=O) groups is 1. The van der Waals surface area contributed by atoms with E-state index in [-0.39, 0.29) is 11.9 Å². The second kappa shape index (κ2) is 6.39. The Hall–Kier alpha value is -1.69. The van der Waals surface area contributed by atoms with Gasteiger partial charge in [0.05, 0.1) is 4.88 Å². The Morgan fingerprint density at radius 3 is 3.19 bits per heavy atom. The van der Waals surface area contributed by atoms with E-state index in [0.29, 0.717) is 5.89 Å². The van der Waals surface area contributed by atoms with Crippen molar-refractivity contribution in [1.29, 1.82) is 0 Å². The fraction of sp³-hybridized carbons (Fsp3) is 0.533. The highest BCUT2D eigenvalue weighted by Crippen LogP contribution is 2.31. The first kappa shape index (κ1) is 14.3. The summed E-state index contributed by atoms with van der Waals surface area (Å²) < 4.78 is 5.40. The Morgan fingerprint density at radius 1 is 1.52 bits per heavy atom. The van der Waals surface area contributed by atoms with Crippen LogP contribution in [0.3, 0.4) is 0 Å². The number of thiophene rings is 1. The molecule has 2 aromatic heterocycles. The first-order valence-corrected chi connectivity index (χ1v) is 8.34. The van der Waals surface area contributed by atoms with E-state index >= 15 is 0 Å². The Morgan fingerprint density at radius 2 is 2.43 bits per heavy atom. The lowest BCUT2D eigenvalue weighted by Gasteiger charge is -2.33.